The summed E-state index contributed by atoms with van der Waals surface area (Å²) in [5, 5.41) is 8.74. The number of carbonyl (C=O) groups is 2. The standard InChI is InChI=1S/C19H23N3O2/c1-4-15-8-10-16(11-9-15)22-19(24)13(2)20-17-6-5-7-18(12-17)21-14(3)23/h5-13,20H,4H2,1-3H3,(H,21,23)(H,22,24)/t13-/m1/s1. The molecule has 0 heterocycles. The number of hydrogen-bond donors (Lipinski definition) is 3. The van der Waals surface area contributed by atoms with Crippen molar-refractivity contribution < 1.29 is 9.59 Å². The molecule has 0 radical (unpaired) electrons. The molecule has 2 aromatic rings. The van der Waals surface area contributed by atoms with Crippen LogP contribution in [0.3, 0.4) is 0 Å². The second-order valence-corrected chi connectivity index (χ2v) is 5.67. The first-order valence-corrected chi connectivity index (χ1v) is 8.02. The van der Waals surface area contributed by atoms with E-state index in [0.717, 1.165) is 17.8 Å². The predicted molar refractivity (Wildman–Crippen MR) is 98.3 cm³/mol. The van der Waals surface area contributed by atoms with Crippen molar-refractivity contribution in [3.05, 3.63) is 54.1 Å². The molecule has 5 nitrogen and oxygen atoms in total. The highest BCUT2D eigenvalue weighted by atomic mass is 16.2. The first-order valence-electron chi connectivity index (χ1n) is 8.02. The molecule has 0 saturated carbocycles. The molecular formula is C19H23N3O2. The van der Waals surface area contributed by atoms with E-state index in [9.17, 15) is 9.59 Å². The van der Waals surface area contributed by atoms with Gasteiger partial charge in [0.25, 0.3) is 0 Å². The number of amides is 2. The summed E-state index contributed by atoms with van der Waals surface area (Å²) >= 11 is 0. The number of benzene rings is 2. The minimum absolute atomic E-state index is 0.121. The Kier molecular flexibility index (Phi) is 5.95. The van der Waals surface area contributed by atoms with Gasteiger partial charge in [-0.05, 0) is 49.2 Å². The average Bonchev–Trinajstić information content (AvgIpc) is 2.55. The Morgan fingerprint density at radius 2 is 1.62 bits per heavy atom. The molecule has 0 unspecified atom stereocenters. The van der Waals surface area contributed by atoms with E-state index >= 15 is 0 Å². The molecule has 126 valence electrons. The lowest BCUT2D eigenvalue weighted by Gasteiger charge is -2.16. The van der Waals surface area contributed by atoms with E-state index < -0.39 is 6.04 Å². The normalized spacial score (nSPS) is 11.5. The number of rotatable bonds is 6. The van der Waals surface area contributed by atoms with Crippen LogP contribution in [0.5, 0.6) is 0 Å². The summed E-state index contributed by atoms with van der Waals surface area (Å²) in [4.78, 5) is 23.4. The van der Waals surface area contributed by atoms with Gasteiger partial charge in [-0.3, -0.25) is 9.59 Å². The van der Waals surface area contributed by atoms with Crippen LogP contribution >= 0.6 is 0 Å². The van der Waals surface area contributed by atoms with Gasteiger partial charge < -0.3 is 16.0 Å². The monoisotopic (exact) mass is 325 g/mol. The van der Waals surface area contributed by atoms with E-state index in [-0.39, 0.29) is 11.8 Å². The van der Waals surface area contributed by atoms with Crippen LogP contribution in [0.15, 0.2) is 48.5 Å². The smallest absolute Gasteiger partial charge is 0.246 e. The van der Waals surface area contributed by atoms with Gasteiger partial charge in [-0.2, -0.15) is 0 Å². The summed E-state index contributed by atoms with van der Waals surface area (Å²) in [6, 6.07) is 14.7. The minimum Gasteiger partial charge on any atom is -0.374 e. The number of anilines is 3. The number of hydrogen-bond acceptors (Lipinski definition) is 3. The molecular weight excluding hydrogens is 302 g/mol. The van der Waals surface area contributed by atoms with E-state index in [0.29, 0.717) is 5.69 Å². The van der Waals surface area contributed by atoms with Crippen LogP contribution in [0.4, 0.5) is 17.1 Å². The molecule has 2 rings (SSSR count). The Labute approximate surface area is 142 Å². The fourth-order valence-electron chi connectivity index (χ4n) is 2.28. The first kappa shape index (κ1) is 17.5. The summed E-state index contributed by atoms with van der Waals surface area (Å²) in [7, 11) is 0. The maximum absolute atomic E-state index is 12.3. The zero-order chi connectivity index (χ0) is 17.5. The Bertz CT molecular complexity index is 711. The molecule has 0 bridgehead atoms. The molecule has 0 aliphatic carbocycles. The van der Waals surface area contributed by atoms with Crippen LogP contribution < -0.4 is 16.0 Å². The summed E-state index contributed by atoms with van der Waals surface area (Å²) in [5.74, 6) is -0.252. The number of nitrogens with one attached hydrogen (secondary N) is 3. The summed E-state index contributed by atoms with van der Waals surface area (Å²) in [5.41, 5.74) is 3.47. The summed E-state index contributed by atoms with van der Waals surface area (Å²) < 4.78 is 0. The second-order valence-electron chi connectivity index (χ2n) is 5.67. The zero-order valence-corrected chi connectivity index (χ0v) is 14.2. The van der Waals surface area contributed by atoms with E-state index in [1.165, 1.54) is 12.5 Å². The molecule has 2 amide bonds. The van der Waals surface area contributed by atoms with Gasteiger partial charge in [0.05, 0.1) is 0 Å². The maximum Gasteiger partial charge on any atom is 0.246 e. The molecule has 0 aromatic heterocycles. The molecule has 1 atom stereocenters. The van der Waals surface area contributed by atoms with Gasteiger partial charge in [0.1, 0.15) is 6.04 Å². The third-order valence-electron chi connectivity index (χ3n) is 3.59. The Hall–Kier alpha value is -2.82. The fourth-order valence-corrected chi connectivity index (χ4v) is 2.28. The van der Waals surface area contributed by atoms with Crippen molar-refractivity contribution in [3.63, 3.8) is 0 Å². The Morgan fingerprint density at radius 1 is 0.958 bits per heavy atom. The molecule has 3 N–H and O–H groups in total. The first-order chi connectivity index (χ1) is 11.5. The fraction of sp³-hybridized carbons (Fsp3) is 0.263. The largest absolute Gasteiger partial charge is 0.374 e. The molecule has 0 saturated heterocycles. The summed E-state index contributed by atoms with van der Waals surface area (Å²) in [6.45, 7) is 5.34. The van der Waals surface area contributed by atoms with Crippen LogP contribution in [0.25, 0.3) is 0 Å². The van der Waals surface area contributed by atoms with Gasteiger partial charge in [-0.1, -0.05) is 25.1 Å². The molecule has 0 fully saturated rings. The Morgan fingerprint density at radius 3 is 2.25 bits per heavy atom. The lowest BCUT2D eigenvalue weighted by molar-refractivity contribution is -0.116. The third-order valence-corrected chi connectivity index (χ3v) is 3.59. The zero-order valence-electron chi connectivity index (χ0n) is 14.2. The van der Waals surface area contributed by atoms with E-state index in [1.807, 2.05) is 36.4 Å². The molecule has 0 aliphatic heterocycles. The summed E-state index contributed by atoms with van der Waals surface area (Å²) in [6.07, 6.45) is 0.969. The van der Waals surface area contributed by atoms with Gasteiger partial charge >= 0.3 is 0 Å². The van der Waals surface area contributed by atoms with E-state index in [1.54, 1.807) is 19.1 Å². The van der Waals surface area contributed by atoms with Crippen molar-refractivity contribution in [2.24, 2.45) is 0 Å². The molecule has 0 spiro atoms. The van der Waals surface area contributed by atoms with Gasteiger partial charge in [0.2, 0.25) is 11.8 Å². The van der Waals surface area contributed by atoms with Crippen LogP contribution in [0.2, 0.25) is 0 Å². The van der Waals surface area contributed by atoms with Crippen molar-refractivity contribution in [1.29, 1.82) is 0 Å². The van der Waals surface area contributed by atoms with E-state index in [4.69, 9.17) is 0 Å². The third kappa shape index (κ3) is 5.12. The van der Waals surface area contributed by atoms with Crippen molar-refractivity contribution in [2.75, 3.05) is 16.0 Å². The SMILES string of the molecule is CCc1ccc(NC(=O)[C@@H](C)Nc2cccc(NC(C)=O)c2)cc1. The van der Waals surface area contributed by atoms with Gasteiger partial charge in [-0.15, -0.1) is 0 Å². The van der Waals surface area contributed by atoms with Crippen LogP contribution in [0.1, 0.15) is 26.3 Å². The molecule has 24 heavy (non-hydrogen) atoms. The Balaban J connectivity index is 1.96. The highest BCUT2D eigenvalue weighted by Gasteiger charge is 2.13. The number of carbonyl (C=O) groups excluding carboxylic acids is 2. The van der Waals surface area contributed by atoms with Gasteiger partial charge in [0, 0.05) is 24.0 Å². The molecule has 5 heteroatoms. The van der Waals surface area contributed by atoms with E-state index in [2.05, 4.69) is 22.9 Å². The second kappa shape index (κ2) is 8.15. The van der Waals surface area contributed by atoms with Crippen molar-refractivity contribution in [2.45, 2.75) is 33.2 Å². The topological polar surface area (TPSA) is 70.2 Å². The van der Waals surface area contributed by atoms with Crippen molar-refractivity contribution in [3.8, 4) is 0 Å². The van der Waals surface area contributed by atoms with Crippen LogP contribution in [-0.2, 0) is 16.0 Å². The minimum atomic E-state index is -0.413. The van der Waals surface area contributed by atoms with Crippen molar-refractivity contribution in [1.82, 2.24) is 0 Å². The average molecular weight is 325 g/mol. The van der Waals surface area contributed by atoms with Gasteiger partial charge in [0.15, 0.2) is 0 Å². The predicted octanol–water partition coefficient (Wildman–Crippen LogP) is 3.65. The lowest BCUT2D eigenvalue weighted by atomic mass is 10.1. The molecule has 0 aliphatic rings. The van der Waals surface area contributed by atoms with Crippen LogP contribution in [0, 0.1) is 0 Å². The highest BCUT2D eigenvalue weighted by Crippen LogP contribution is 2.17. The highest BCUT2D eigenvalue weighted by molar-refractivity contribution is 5.96. The quantitative estimate of drug-likeness (QED) is 0.759. The lowest BCUT2D eigenvalue weighted by Crippen LogP contribution is -2.31. The number of aryl methyl sites for hydroxylation is 1. The van der Waals surface area contributed by atoms with Crippen LogP contribution in [-0.4, -0.2) is 17.9 Å². The maximum atomic E-state index is 12.3. The van der Waals surface area contributed by atoms with Crippen molar-refractivity contribution >= 4 is 28.9 Å². The van der Waals surface area contributed by atoms with Gasteiger partial charge in [-0.25, -0.2) is 0 Å². The molecule has 2 aromatic carbocycles.